The summed E-state index contributed by atoms with van der Waals surface area (Å²) in [6, 6.07) is 62.6. The first-order valence-electron chi connectivity index (χ1n) is 16.9. The molecule has 3 heterocycles. The number of fused-ring (bicyclic) bond motifs is 6. The van der Waals surface area contributed by atoms with E-state index in [0.29, 0.717) is 0 Å². The van der Waals surface area contributed by atoms with Gasteiger partial charge in [-0.05, 0) is 65.2 Å². The molecule has 0 amide bonds. The molecule has 0 bridgehead atoms. The van der Waals surface area contributed by atoms with Gasteiger partial charge in [-0.3, -0.25) is 0 Å². The van der Waals surface area contributed by atoms with E-state index in [1.165, 1.54) is 43.7 Å². The average Bonchev–Trinajstić information content (AvgIpc) is 3.70. The van der Waals surface area contributed by atoms with Crippen molar-refractivity contribution in [3.05, 3.63) is 182 Å². The standard InChI is InChI=1S/C46H30N4/c1-4-14-31(15-5-1)40-30-47-48-45(32-16-6-2-7-17-32)46(40)50-42-23-13-11-21-37(42)39-29-34(25-27-44(39)50)33-24-26-43-38(28-33)36-20-10-12-22-41(36)49(43)35-18-8-3-9-19-35/h1-30H. The zero-order valence-corrected chi connectivity index (χ0v) is 27.1. The van der Waals surface area contributed by atoms with Gasteiger partial charge >= 0.3 is 0 Å². The molecule has 0 aliphatic rings. The molecule has 0 aliphatic heterocycles. The van der Waals surface area contributed by atoms with Crippen molar-refractivity contribution in [1.29, 1.82) is 0 Å². The van der Waals surface area contributed by atoms with Crippen LogP contribution in [-0.4, -0.2) is 19.3 Å². The summed E-state index contributed by atoms with van der Waals surface area (Å²) in [7, 11) is 0. The van der Waals surface area contributed by atoms with Crippen molar-refractivity contribution in [3.63, 3.8) is 0 Å². The van der Waals surface area contributed by atoms with Gasteiger partial charge in [0.15, 0.2) is 0 Å². The molecule has 7 aromatic carbocycles. The van der Waals surface area contributed by atoms with Crippen molar-refractivity contribution in [1.82, 2.24) is 19.3 Å². The van der Waals surface area contributed by atoms with E-state index >= 15 is 0 Å². The third-order valence-corrected chi connectivity index (χ3v) is 9.87. The summed E-state index contributed by atoms with van der Waals surface area (Å²) in [5, 5.41) is 14.2. The van der Waals surface area contributed by atoms with Gasteiger partial charge in [-0.25, -0.2) is 0 Å². The van der Waals surface area contributed by atoms with E-state index in [2.05, 4.69) is 184 Å². The van der Waals surface area contributed by atoms with Crippen LogP contribution in [0, 0.1) is 0 Å². The maximum Gasteiger partial charge on any atom is 0.118 e. The molecule has 10 rings (SSSR count). The van der Waals surface area contributed by atoms with E-state index in [4.69, 9.17) is 5.10 Å². The topological polar surface area (TPSA) is 35.6 Å². The van der Waals surface area contributed by atoms with Gasteiger partial charge in [-0.15, -0.1) is 5.10 Å². The lowest BCUT2D eigenvalue weighted by molar-refractivity contribution is 1.01. The third kappa shape index (κ3) is 4.39. The van der Waals surface area contributed by atoms with Gasteiger partial charge in [0.2, 0.25) is 0 Å². The number of hydrogen-bond acceptors (Lipinski definition) is 2. The number of aromatic nitrogens is 4. The Morgan fingerprint density at radius 3 is 1.46 bits per heavy atom. The van der Waals surface area contributed by atoms with Crippen molar-refractivity contribution >= 4 is 43.6 Å². The summed E-state index contributed by atoms with van der Waals surface area (Å²) in [4.78, 5) is 0. The van der Waals surface area contributed by atoms with E-state index in [1.54, 1.807) is 0 Å². The van der Waals surface area contributed by atoms with Crippen molar-refractivity contribution in [2.24, 2.45) is 0 Å². The molecular weight excluding hydrogens is 609 g/mol. The molecule has 50 heavy (non-hydrogen) atoms. The van der Waals surface area contributed by atoms with Crippen LogP contribution in [-0.2, 0) is 0 Å². The zero-order valence-electron chi connectivity index (χ0n) is 27.1. The van der Waals surface area contributed by atoms with E-state index in [0.717, 1.165) is 44.8 Å². The highest BCUT2D eigenvalue weighted by Crippen LogP contribution is 2.42. The molecule has 10 aromatic rings. The number of hydrogen-bond donors (Lipinski definition) is 0. The summed E-state index contributed by atoms with van der Waals surface area (Å²) in [6.45, 7) is 0. The van der Waals surface area contributed by atoms with E-state index in [-0.39, 0.29) is 0 Å². The number of benzene rings is 7. The van der Waals surface area contributed by atoms with Crippen LogP contribution in [0.3, 0.4) is 0 Å². The van der Waals surface area contributed by atoms with Gasteiger partial charge in [0, 0.05) is 38.4 Å². The molecule has 0 atom stereocenters. The number of rotatable bonds is 5. The first-order valence-corrected chi connectivity index (χ1v) is 16.9. The molecule has 4 nitrogen and oxygen atoms in total. The van der Waals surface area contributed by atoms with Crippen LogP contribution >= 0.6 is 0 Å². The predicted molar refractivity (Wildman–Crippen MR) is 207 cm³/mol. The lowest BCUT2D eigenvalue weighted by Gasteiger charge is -2.17. The van der Waals surface area contributed by atoms with Gasteiger partial charge in [0.1, 0.15) is 5.69 Å². The van der Waals surface area contributed by atoms with Crippen LogP contribution in [0.15, 0.2) is 182 Å². The fourth-order valence-corrected chi connectivity index (χ4v) is 7.63. The Hall–Kier alpha value is -6.78. The van der Waals surface area contributed by atoms with Crippen LogP contribution in [0.25, 0.3) is 88.5 Å². The first-order chi connectivity index (χ1) is 24.8. The van der Waals surface area contributed by atoms with Gasteiger partial charge in [0.05, 0.1) is 34.0 Å². The molecular formula is C46H30N4. The van der Waals surface area contributed by atoms with Crippen molar-refractivity contribution in [2.75, 3.05) is 0 Å². The van der Waals surface area contributed by atoms with Crippen molar-refractivity contribution in [3.8, 4) is 44.9 Å². The maximum absolute atomic E-state index is 4.77. The molecule has 0 N–H and O–H groups in total. The minimum atomic E-state index is 0.846. The lowest BCUT2D eigenvalue weighted by atomic mass is 10.00. The maximum atomic E-state index is 4.77. The largest absolute Gasteiger partial charge is 0.309 e. The van der Waals surface area contributed by atoms with Gasteiger partial charge in [0.25, 0.3) is 0 Å². The molecule has 0 fully saturated rings. The fraction of sp³-hybridized carbons (Fsp3) is 0. The zero-order chi connectivity index (χ0) is 33.0. The quantitative estimate of drug-likeness (QED) is 0.188. The normalized spacial score (nSPS) is 11.6. The van der Waals surface area contributed by atoms with Gasteiger partial charge in [-0.1, -0.05) is 127 Å². The second-order valence-electron chi connectivity index (χ2n) is 12.7. The lowest BCUT2D eigenvalue weighted by Crippen LogP contribution is -2.04. The molecule has 234 valence electrons. The second-order valence-corrected chi connectivity index (χ2v) is 12.7. The van der Waals surface area contributed by atoms with Crippen LogP contribution in [0.4, 0.5) is 0 Å². The summed E-state index contributed by atoms with van der Waals surface area (Å²) in [5.74, 6) is 0. The smallest absolute Gasteiger partial charge is 0.118 e. The van der Waals surface area contributed by atoms with Crippen LogP contribution < -0.4 is 0 Å². The highest BCUT2D eigenvalue weighted by molar-refractivity contribution is 6.13. The van der Waals surface area contributed by atoms with E-state index in [9.17, 15) is 0 Å². The second kappa shape index (κ2) is 11.4. The Morgan fingerprint density at radius 2 is 0.840 bits per heavy atom. The third-order valence-electron chi connectivity index (χ3n) is 9.87. The highest BCUT2D eigenvalue weighted by Gasteiger charge is 2.22. The molecule has 3 aromatic heterocycles. The summed E-state index contributed by atoms with van der Waals surface area (Å²) in [5.41, 5.74) is 13.2. The van der Waals surface area contributed by atoms with Crippen LogP contribution in [0.5, 0.6) is 0 Å². The molecule has 0 saturated carbocycles. The monoisotopic (exact) mass is 638 g/mol. The Morgan fingerprint density at radius 1 is 0.360 bits per heavy atom. The predicted octanol–water partition coefficient (Wildman–Crippen LogP) is 11.7. The minimum Gasteiger partial charge on any atom is -0.309 e. The molecule has 0 saturated heterocycles. The number of nitrogens with zero attached hydrogens (tertiary/aromatic N) is 4. The minimum absolute atomic E-state index is 0.846. The van der Waals surface area contributed by atoms with Crippen LogP contribution in [0.1, 0.15) is 0 Å². The van der Waals surface area contributed by atoms with E-state index < -0.39 is 0 Å². The summed E-state index contributed by atoms with van der Waals surface area (Å²) >= 11 is 0. The molecule has 4 heteroatoms. The van der Waals surface area contributed by atoms with Crippen LogP contribution in [0.2, 0.25) is 0 Å². The molecule has 0 unspecified atom stereocenters. The Kier molecular flexibility index (Phi) is 6.46. The fourth-order valence-electron chi connectivity index (χ4n) is 7.63. The summed E-state index contributed by atoms with van der Waals surface area (Å²) in [6.07, 6.45) is 1.90. The average molecular weight is 639 g/mol. The Labute approximate surface area is 289 Å². The number of para-hydroxylation sites is 3. The SMILES string of the molecule is c1ccc(-c2cnnc(-c3ccccc3)c2-n2c3ccccc3c3cc(-c4ccc5c(c4)c4ccccc4n5-c4ccccc4)ccc32)cc1. The van der Waals surface area contributed by atoms with E-state index in [1.807, 2.05) is 12.3 Å². The van der Waals surface area contributed by atoms with Gasteiger partial charge < -0.3 is 9.13 Å². The van der Waals surface area contributed by atoms with Crippen molar-refractivity contribution in [2.45, 2.75) is 0 Å². The Balaban J connectivity index is 1.22. The first kappa shape index (κ1) is 28.3. The van der Waals surface area contributed by atoms with Crippen molar-refractivity contribution < 1.29 is 0 Å². The molecule has 0 radical (unpaired) electrons. The molecule has 0 spiro atoms. The summed E-state index contributed by atoms with van der Waals surface area (Å²) < 4.78 is 4.74. The Bertz CT molecular complexity index is 2790. The highest BCUT2D eigenvalue weighted by atomic mass is 15.1. The van der Waals surface area contributed by atoms with Gasteiger partial charge in [-0.2, -0.15) is 5.10 Å². The molecule has 0 aliphatic carbocycles.